The molecule has 0 aliphatic rings. The van der Waals surface area contributed by atoms with E-state index in [1.54, 1.807) is 6.92 Å². The van der Waals surface area contributed by atoms with Gasteiger partial charge >= 0.3 is 0 Å². The van der Waals surface area contributed by atoms with Gasteiger partial charge in [0.1, 0.15) is 11.5 Å². The van der Waals surface area contributed by atoms with Crippen molar-refractivity contribution >= 4 is 0 Å². The third kappa shape index (κ3) is 3.40. The molecule has 1 atom stereocenters. The molecule has 106 valence electrons. The number of hydrogen-bond acceptors (Lipinski definition) is 2. The molecule has 0 aliphatic heterocycles. The molecule has 0 radical (unpaired) electrons. The molecular formula is C18H22O2. The first-order chi connectivity index (χ1) is 9.47. The standard InChI is InChI=1S/C18H22O2/c1-12(2)18-10-9-17(11-13(18)3)20-16-7-5-15(6-8-16)14(4)19/h5-12,14,19H,1-4H3/t14-/m1/s1. The number of ether oxygens (including phenoxy) is 1. The van der Waals surface area contributed by atoms with E-state index in [1.165, 1.54) is 11.1 Å². The molecule has 0 bridgehead atoms. The number of aliphatic hydroxyl groups is 1. The zero-order chi connectivity index (χ0) is 14.7. The lowest BCUT2D eigenvalue weighted by atomic mass is 9.98. The molecule has 20 heavy (non-hydrogen) atoms. The van der Waals surface area contributed by atoms with Crippen LogP contribution in [0.15, 0.2) is 42.5 Å². The van der Waals surface area contributed by atoms with Gasteiger partial charge in [-0.3, -0.25) is 0 Å². The Bertz CT molecular complexity index is 568. The van der Waals surface area contributed by atoms with Crippen LogP contribution in [-0.4, -0.2) is 5.11 Å². The largest absolute Gasteiger partial charge is 0.457 e. The van der Waals surface area contributed by atoms with Gasteiger partial charge in [-0.05, 0) is 60.7 Å². The van der Waals surface area contributed by atoms with Crippen molar-refractivity contribution in [1.29, 1.82) is 0 Å². The van der Waals surface area contributed by atoms with Gasteiger partial charge in [0.15, 0.2) is 0 Å². The monoisotopic (exact) mass is 270 g/mol. The van der Waals surface area contributed by atoms with Crippen LogP contribution in [0.25, 0.3) is 0 Å². The van der Waals surface area contributed by atoms with E-state index in [1.807, 2.05) is 30.3 Å². The SMILES string of the molecule is Cc1cc(Oc2ccc([C@@H](C)O)cc2)ccc1C(C)C. The Morgan fingerprint density at radius 3 is 2.00 bits per heavy atom. The Labute approximate surface area is 121 Å². The number of aryl methyl sites for hydroxylation is 1. The van der Waals surface area contributed by atoms with E-state index in [4.69, 9.17) is 4.74 Å². The van der Waals surface area contributed by atoms with Gasteiger partial charge < -0.3 is 9.84 Å². The fourth-order valence-corrected chi connectivity index (χ4v) is 2.31. The molecule has 0 spiro atoms. The molecule has 2 nitrogen and oxygen atoms in total. The summed E-state index contributed by atoms with van der Waals surface area (Å²) in [5.41, 5.74) is 3.49. The van der Waals surface area contributed by atoms with Crippen LogP contribution in [0.4, 0.5) is 0 Å². The zero-order valence-electron chi connectivity index (χ0n) is 12.6. The van der Waals surface area contributed by atoms with Gasteiger partial charge in [-0.15, -0.1) is 0 Å². The van der Waals surface area contributed by atoms with E-state index >= 15 is 0 Å². The quantitative estimate of drug-likeness (QED) is 0.850. The summed E-state index contributed by atoms with van der Waals surface area (Å²) in [7, 11) is 0. The highest BCUT2D eigenvalue weighted by molar-refractivity contribution is 5.39. The normalized spacial score (nSPS) is 12.5. The Balaban J connectivity index is 2.15. The fourth-order valence-electron chi connectivity index (χ4n) is 2.31. The highest BCUT2D eigenvalue weighted by atomic mass is 16.5. The predicted octanol–water partition coefficient (Wildman–Crippen LogP) is 4.96. The maximum atomic E-state index is 9.48. The van der Waals surface area contributed by atoms with Crippen molar-refractivity contribution < 1.29 is 9.84 Å². The second-order valence-electron chi connectivity index (χ2n) is 5.52. The van der Waals surface area contributed by atoms with Crippen molar-refractivity contribution in [2.45, 2.75) is 39.7 Å². The molecule has 0 saturated carbocycles. The van der Waals surface area contributed by atoms with Crippen molar-refractivity contribution in [3.8, 4) is 11.5 Å². The number of aliphatic hydroxyl groups excluding tert-OH is 1. The molecule has 0 heterocycles. The molecule has 0 fully saturated rings. The molecule has 0 amide bonds. The van der Waals surface area contributed by atoms with E-state index in [-0.39, 0.29) is 0 Å². The Kier molecular flexibility index (Phi) is 4.46. The third-order valence-electron chi connectivity index (χ3n) is 3.46. The van der Waals surface area contributed by atoms with Crippen LogP contribution in [0.2, 0.25) is 0 Å². The van der Waals surface area contributed by atoms with Crippen LogP contribution in [0.1, 0.15) is 49.5 Å². The smallest absolute Gasteiger partial charge is 0.127 e. The third-order valence-corrected chi connectivity index (χ3v) is 3.46. The summed E-state index contributed by atoms with van der Waals surface area (Å²) in [6.07, 6.45) is -0.448. The van der Waals surface area contributed by atoms with E-state index in [0.29, 0.717) is 5.92 Å². The summed E-state index contributed by atoms with van der Waals surface area (Å²) in [4.78, 5) is 0. The van der Waals surface area contributed by atoms with Crippen molar-refractivity contribution in [2.75, 3.05) is 0 Å². The minimum atomic E-state index is -0.448. The van der Waals surface area contributed by atoms with Gasteiger partial charge in [0, 0.05) is 0 Å². The first-order valence-corrected chi connectivity index (χ1v) is 7.04. The average Bonchev–Trinajstić information content (AvgIpc) is 2.39. The molecule has 2 rings (SSSR count). The van der Waals surface area contributed by atoms with Gasteiger partial charge in [0.2, 0.25) is 0 Å². The second-order valence-corrected chi connectivity index (χ2v) is 5.52. The zero-order valence-corrected chi connectivity index (χ0v) is 12.6. The summed E-state index contributed by atoms with van der Waals surface area (Å²) >= 11 is 0. The van der Waals surface area contributed by atoms with Crippen LogP contribution < -0.4 is 4.74 Å². The summed E-state index contributed by atoms with van der Waals surface area (Å²) in [5, 5.41) is 9.48. The van der Waals surface area contributed by atoms with Gasteiger partial charge in [0.25, 0.3) is 0 Å². The van der Waals surface area contributed by atoms with Crippen molar-refractivity contribution in [2.24, 2.45) is 0 Å². The summed E-state index contributed by atoms with van der Waals surface area (Å²) in [6, 6.07) is 13.7. The van der Waals surface area contributed by atoms with E-state index in [2.05, 4.69) is 32.9 Å². The maximum absolute atomic E-state index is 9.48. The van der Waals surface area contributed by atoms with Crippen LogP contribution >= 0.6 is 0 Å². The molecule has 1 N–H and O–H groups in total. The molecule has 2 aromatic carbocycles. The average molecular weight is 270 g/mol. The van der Waals surface area contributed by atoms with Crippen molar-refractivity contribution in [1.82, 2.24) is 0 Å². The van der Waals surface area contributed by atoms with Crippen LogP contribution in [0.5, 0.6) is 11.5 Å². The summed E-state index contributed by atoms with van der Waals surface area (Å²) in [5.74, 6) is 2.15. The van der Waals surface area contributed by atoms with Crippen LogP contribution in [0, 0.1) is 6.92 Å². The lowest BCUT2D eigenvalue weighted by molar-refractivity contribution is 0.199. The molecule has 2 aromatic rings. The second kappa shape index (κ2) is 6.10. The molecule has 0 aromatic heterocycles. The highest BCUT2D eigenvalue weighted by Gasteiger charge is 2.06. The number of hydrogen-bond donors (Lipinski definition) is 1. The van der Waals surface area contributed by atoms with Gasteiger partial charge in [-0.2, -0.15) is 0 Å². The van der Waals surface area contributed by atoms with Gasteiger partial charge in [-0.25, -0.2) is 0 Å². The summed E-state index contributed by atoms with van der Waals surface area (Å²) in [6.45, 7) is 8.25. The lowest BCUT2D eigenvalue weighted by Crippen LogP contribution is -1.94. The number of benzene rings is 2. The van der Waals surface area contributed by atoms with Crippen LogP contribution in [0.3, 0.4) is 0 Å². The number of rotatable bonds is 4. The Hall–Kier alpha value is -1.80. The molecular weight excluding hydrogens is 248 g/mol. The van der Waals surface area contributed by atoms with E-state index < -0.39 is 6.10 Å². The van der Waals surface area contributed by atoms with Crippen molar-refractivity contribution in [3.05, 3.63) is 59.2 Å². The molecule has 0 unspecified atom stereocenters. The minimum absolute atomic E-state index is 0.448. The van der Waals surface area contributed by atoms with Crippen LogP contribution in [-0.2, 0) is 0 Å². The predicted molar refractivity (Wildman–Crippen MR) is 82.4 cm³/mol. The Morgan fingerprint density at radius 2 is 1.50 bits per heavy atom. The summed E-state index contributed by atoms with van der Waals surface area (Å²) < 4.78 is 5.85. The maximum Gasteiger partial charge on any atom is 0.127 e. The topological polar surface area (TPSA) is 29.5 Å². The minimum Gasteiger partial charge on any atom is -0.457 e. The first-order valence-electron chi connectivity index (χ1n) is 7.04. The Morgan fingerprint density at radius 1 is 0.900 bits per heavy atom. The molecule has 2 heteroatoms. The van der Waals surface area contributed by atoms with E-state index in [0.717, 1.165) is 17.1 Å². The van der Waals surface area contributed by atoms with Gasteiger partial charge in [-0.1, -0.05) is 32.0 Å². The van der Waals surface area contributed by atoms with E-state index in [9.17, 15) is 5.11 Å². The molecule has 0 aliphatic carbocycles. The lowest BCUT2D eigenvalue weighted by Gasteiger charge is -2.12. The molecule has 0 saturated heterocycles. The first kappa shape index (κ1) is 14.6. The fraction of sp³-hybridized carbons (Fsp3) is 0.333. The van der Waals surface area contributed by atoms with Crippen molar-refractivity contribution in [3.63, 3.8) is 0 Å². The highest BCUT2D eigenvalue weighted by Crippen LogP contribution is 2.27. The van der Waals surface area contributed by atoms with Gasteiger partial charge in [0.05, 0.1) is 6.10 Å².